The summed E-state index contributed by atoms with van der Waals surface area (Å²) in [6, 6.07) is 0. The van der Waals surface area contributed by atoms with Crippen LogP contribution in [0, 0.1) is 11.8 Å². The first-order chi connectivity index (χ1) is 9.28. The Labute approximate surface area is 118 Å². The minimum absolute atomic E-state index is 0.494. The number of rotatable bonds is 6. The molecule has 1 saturated heterocycles. The molecule has 1 aliphatic heterocycles. The van der Waals surface area contributed by atoms with E-state index in [1.165, 1.54) is 58.2 Å². The van der Waals surface area contributed by atoms with Crippen LogP contribution in [0.2, 0.25) is 0 Å². The van der Waals surface area contributed by atoms with Gasteiger partial charge in [-0.3, -0.25) is 0 Å². The SMILES string of the molecule is CC1CCCC(CN2CCC(OCCCN)CC2)C1. The minimum atomic E-state index is 0.494. The van der Waals surface area contributed by atoms with Gasteiger partial charge in [0.05, 0.1) is 6.10 Å². The Kier molecular flexibility index (Phi) is 6.62. The lowest BCUT2D eigenvalue weighted by atomic mass is 9.82. The molecule has 2 N–H and O–H groups in total. The average Bonchev–Trinajstić information content (AvgIpc) is 2.41. The van der Waals surface area contributed by atoms with E-state index in [0.717, 1.165) is 31.4 Å². The van der Waals surface area contributed by atoms with E-state index >= 15 is 0 Å². The molecule has 0 aromatic rings. The number of hydrogen-bond acceptors (Lipinski definition) is 3. The highest BCUT2D eigenvalue weighted by molar-refractivity contribution is 4.78. The van der Waals surface area contributed by atoms with E-state index < -0.39 is 0 Å². The molecule has 2 unspecified atom stereocenters. The van der Waals surface area contributed by atoms with Crippen molar-refractivity contribution >= 4 is 0 Å². The molecule has 0 bridgehead atoms. The Morgan fingerprint density at radius 3 is 2.63 bits per heavy atom. The van der Waals surface area contributed by atoms with Gasteiger partial charge in [-0.2, -0.15) is 0 Å². The Balaban J connectivity index is 1.60. The third-order valence-electron chi connectivity index (χ3n) is 4.80. The van der Waals surface area contributed by atoms with Gasteiger partial charge in [0.15, 0.2) is 0 Å². The van der Waals surface area contributed by atoms with Gasteiger partial charge in [-0.15, -0.1) is 0 Å². The van der Waals surface area contributed by atoms with E-state index in [-0.39, 0.29) is 0 Å². The molecule has 0 amide bonds. The standard InChI is InChI=1S/C16H32N2O/c1-14-4-2-5-15(12-14)13-18-9-6-16(7-10-18)19-11-3-8-17/h14-16H,2-13,17H2,1H3. The van der Waals surface area contributed by atoms with Gasteiger partial charge < -0.3 is 15.4 Å². The van der Waals surface area contributed by atoms with E-state index in [4.69, 9.17) is 10.5 Å². The van der Waals surface area contributed by atoms with Crippen LogP contribution < -0.4 is 5.73 Å². The van der Waals surface area contributed by atoms with Gasteiger partial charge in [-0.05, 0) is 50.5 Å². The van der Waals surface area contributed by atoms with E-state index in [0.29, 0.717) is 6.10 Å². The molecule has 0 radical (unpaired) electrons. The third-order valence-corrected chi connectivity index (χ3v) is 4.80. The number of nitrogens with two attached hydrogens (primary N) is 1. The molecule has 2 rings (SSSR count). The van der Waals surface area contributed by atoms with E-state index in [1.807, 2.05) is 0 Å². The second kappa shape index (κ2) is 8.23. The number of ether oxygens (including phenoxy) is 1. The maximum Gasteiger partial charge on any atom is 0.0599 e. The highest BCUT2D eigenvalue weighted by atomic mass is 16.5. The zero-order chi connectivity index (χ0) is 13.5. The van der Waals surface area contributed by atoms with Crippen LogP contribution in [-0.4, -0.2) is 43.8 Å². The van der Waals surface area contributed by atoms with Crippen LogP contribution in [-0.2, 0) is 4.74 Å². The van der Waals surface area contributed by atoms with Crippen LogP contribution in [0.15, 0.2) is 0 Å². The van der Waals surface area contributed by atoms with Crippen LogP contribution in [0.25, 0.3) is 0 Å². The quantitative estimate of drug-likeness (QED) is 0.753. The zero-order valence-corrected chi connectivity index (χ0v) is 12.7. The summed E-state index contributed by atoms with van der Waals surface area (Å²) in [5, 5.41) is 0. The predicted molar refractivity (Wildman–Crippen MR) is 80.2 cm³/mol. The zero-order valence-electron chi connectivity index (χ0n) is 12.7. The first-order valence-corrected chi connectivity index (χ1v) is 8.32. The van der Waals surface area contributed by atoms with Gasteiger partial charge in [-0.1, -0.05) is 19.8 Å². The van der Waals surface area contributed by atoms with Gasteiger partial charge in [0, 0.05) is 26.2 Å². The second-order valence-electron chi connectivity index (χ2n) is 6.65. The molecule has 0 aromatic heterocycles. The van der Waals surface area contributed by atoms with Crippen molar-refractivity contribution in [2.24, 2.45) is 17.6 Å². The second-order valence-corrected chi connectivity index (χ2v) is 6.65. The Morgan fingerprint density at radius 1 is 1.16 bits per heavy atom. The fraction of sp³-hybridized carbons (Fsp3) is 1.00. The summed E-state index contributed by atoms with van der Waals surface area (Å²) in [4.78, 5) is 2.67. The van der Waals surface area contributed by atoms with Crippen LogP contribution >= 0.6 is 0 Å². The highest BCUT2D eigenvalue weighted by Gasteiger charge is 2.24. The molecule has 2 fully saturated rings. The molecule has 2 atom stereocenters. The number of likely N-dealkylation sites (tertiary alicyclic amines) is 1. The van der Waals surface area contributed by atoms with Crippen molar-refractivity contribution in [2.45, 2.75) is 58.0 Å². The van der Waals surface area contributed by atoms with Gasteiger partial charge in [0.2, 0.25) is 0 Å². The van der Waals surface area contributed by atoms with Gasteiger partial charge >= 0.3 is 0 Å². The van der Waals surface area contributed by atoms with Crippen molar-refractivity contribution in [1.29, 1.82) is 0 Å². The van der Waals surface area contributed by atoms with Crippen molar-refractivity contribution in [2.75, 3.05) is 32.8 Å². The molecule has 1 aliphatic carbocycles. The summed E-state index contributed by atoms with van der Waals surface area (Å²) in [5.74, 6) is 1.91. The van der Waals surface area contributed by atoms with Crippen molar-refractivity contribution < 1.29 is 4.74 Å². The van der Waals surface area contributed by atoms with Crippen LogP contribution in [0.5, 0.6) is 0 Å². The van der Waals surface area contributed by atoms with E-state index in [9.17, 15) is 0 Å². The van der Waals surface area contributed by atoms with Crippen LogP contribution in [0.1, 0.15) is 51.9 Å². The molecule has 1 heterocycles. The smallest absolute Gasteiger partial charge is 0.0599 e. The Bertz CT molecular complexity index is 239. The number of nitrogens with zero attached hydrogens (tertiary/aromatic N) is 1. The lowest BCUT2D eigenvalue weighted by Gasteiger charge is -2.36. The predicted octanol–water partition coefficient (Wildman–Crippen LogP) is 2.64. The molecular weight excluding hydrogens is 236 g/mol. The average molecular weight is 268 g/mol. The maximum atomic E-state index is 5.87. The van der Waals surface area contributed by atoms with Crippen molar-refractivity contribution in [1.82, 2.24) is 4.90 Å². The number of piperidine rings is 1. The molecule has 2 aliphatic rings. The summed E-state index contributed by atoms with van der Waals surface area (Å²) in [6.45, 7) is 7.82. The van der Waals surface area contributed by atoms with Gasteiger partial charge in [-0.25, -0.2) is 0 Å². The van der Waals surface area contributed by atoms with E-state index in [1.54, 1.807) is 0 Å². The van der Waals surface area contributed by atoms with Crippen LogP contribution in [0.4, 0.5) is 0 Å². The number of hydrogen-bond donors (Lipinski definition) is 1. The van der Waals surface area contributed by atoms with E-state index in [2.05, 4.69) is 11.8 Å². The Morgan fingerprint density at radius 2 is 1.95 bits per heavy atom. The summed E-state index contributed by atoms with van der Waals surface area (Å²) >= 11 is 0. The maximum absolute atomic E-state index is 5.87. The summed E-state index contributed by atoms with van der Waals surface area (Å²) in [6.07, 6.45) is 9.73. The third kappa shape index (κ3) is 5.41. The summed E-state index contributed by atoms with van der Waals surface area (Å²) in [5.41, 5.74) is 5.49. The first kappa shape index (κ1) is 15.3. The molecular formula is C16H32N2O. The molecule has 1 saturated carbocycles. The minimum Gasteiger partial charge on any atom is -0.378 e. The molecule has 19 heavy (non-hydrogen) atoms. The van der Waals surface area contributed by atoms with Crippen molar-refractivity contribution in [3.8, 4) is 0 Å². The molecule has 3 nitrogen and oxygen atoms in total. The molecule has 0 spiro atoms. The molecule has 0 aromatic carbocycles. The van der Waals surface area contributed by atoms with Crippen molar-refractivity contribution in [3.05, 3.63) is 0 Å². The topological polar surface area (TPSA) is 38.5 Å². The van der Waals surface area contributed by atoms with Gasteiger partial charge in [0.1, 0.15) is 0 Å². The lowest BCUT2D eigenvalue weighted by Crippen LogP contribution is -2.40. The molecule has 3 heteroatoms. The monoisotopic (exact) mass is 268 g/mol. The largest absolute Gasteiger partial charge is 0.378 e. The first-order valence-electron chi connectivity index (χ1n) is 8.32. The Hall–Kier alpha value is -0.120. The molecule has 112 valence electrons. The fourth-order valence-corrected chi connectivity index (χ4v) is 3.68. The lowest BCUT2D eigenvalue weighted by molar-refractivity contribution is 0.00256. The van der Waals surface area contributed by atoms with Crippen molar-refractivity contribution in [3.63, 3.8) is 0 Å². The summed E-state index contributed by atoms with van der Waals surface area (Å²) < 4.78 is 5.87. The fourth-order valence-electron chi connectivity index (χ4n) is 3.68. The highest BCUT2D eigenvalue weighted by Crippen LogP contribution is 2.29. The normalized spacial score (nSPS) is 30.6. The van der Waals surface area contributed by atoms with Crippen LogP contribution in [0.3, 0.4) is 0 Å². The summed E-state index contributed by atoms with van der Waals surface area (Å²) in [7, 11) is 0. The van der Waals surface area contributed by atoms with Gasteiger partial charge in [0.25, 0.3) is 0 Å².